The summed E-state index contributed by atoms with van der Waals surface area (Å²) < 4.78 is 18.5. The van der Waals surface area contributed by atoms with E-state index >= 15 is 0 Å². The number of benzene rings is 2. The average molecular weight is 296 g/mol. The summed E-state index contributed by atoms with van der Waals surface area (Å²) in [5, 5.41) is 0. The van der Waals surface area contributed by atoms with Gasteiger partial charge in [-0.15, -0.1) is 0 Å². The average Bonchev–Trinajstić information content (AvgIpc) is 2.52. The summed E-state index contributed by atoms with van der Waals surface area (Å²) in [4.78, 5) is 24.3. The molecule has 0 saturated heterocycles. The molecule has 0 fully saturated rings. The van der Waals surface area contributed by atoms with Gasteiger partial charge in [0.2, 0.25) is 0 Å². The van der Waals surface area contributed by atoms with Crippen molar-refractivity contribution in [2.75, 3.05) is 6.61 Å². The van der Waals surface area contributed by atoms with Crippen molar-refractivity contribution in [3.63, 3.8) is 0 Å². The van der Waals surface area contributed by atoms with Crippen molar-refractivity contribution in [3.05, 3.63) is 82.7 Å². The van der Waals surface area contributed by atoms with Gasteiger partial charge in [-0.05, 0) is 23.8 Å². The van der Waals surface area contributed by atoms with Gasteiger partial charge in [-0.3, -0.25) is 9.59 Å². The van der Waals surface area contributed by atoms with Crippen LogP contribution in [-0.2, 0) is 11.3 Å². The number of carbonyl (C=O) groups excluding carboxylic acids is 2. The number of Topliss-reactive ketones (excluding diaryl/α,β-unsaturated/α-hetero) is 1. The van der Waals surface area contributed by atoms with Gasteiger partial charge in [0.1, 0.15) is 5.82 Å². The summed E-state index contributed by atoms with van der Waals surface area (Å²) >= 11 is 0. The second kappa shape index (κ2) is 6.03. The van der Waals surface area contributed by atoms with Crippen LogP contribution in [0.4, 0.5) is 4.39 Å². The van der Waals surface area contributed by atoms with E-state index in [1.807, 2.05) is 0 Å². The third-order valence-electron chi connectivity index (χ3n) is 3.45. The summed E-state index contributed by atoms with van der Waals surface area (Å²) in [7, 11) is 0. The number of allylic oxidation sites excluding steroid dienone is 1. The summed E-state index contributed by atoms with van der Waals surface area (Å²) in [6.07, 6.45) is 1.32. The number of hydrogen-bond acceptors (Lipinski definition) is 3. The zero-order valence-electron chi connectivity index (χ0n) is 11.7. The molecule has 1 aliphatic rings. The Hall–Kier alpha value is -2.59. The first-order valence-corrected chi connectivity index (χ1v) is 6.86. The summed E-state index contributed by atoms with van der Waals surface area (Å²) in [6, 6.07) is 12.8. The van der Waals surface area contributed by atoms with Gasteiger partial charge in [-0.2, -0.15) is 0 Å². The standard InChI is InChI=1S/C18H13FO3/c19-14-5-3-4-12(8-14)10-22-11-13-9-17(20)15-6-1-2-7-16(15)18(13)21/h1-9H,10-11H2. The van der Waals surface area contributed by atoms with Crippen LogP contribution in [0.1, 0.15) is 26.3 Å². The highest BCUT2D eigenvalue weighted by Gasteiger charge is 2.24. The first-order valence-electron chi connectivity index (χ1n) is 6.86. The van der Waals surface area contributed by atoms with Crippen molar-refractivity contribution in [1.29, 1.82) is 0 Å². The highest BCUT2D eigenvalue weighted by atomic mass is 19.1. The lowest BCUT2D eigenvalue weighted by Crippen LogP contribution is -2.19. The molecule has 2 aromatic rings. The zero-order chi connectivity index (χ0) is 15.5. The summed E-state index contributed by atoms with van der Waals surface area (Å²) in [5.74, 6) is -0.729. The van der Waals surface area contributed by atoms with E-state index < -0.39 is 0 Å². The molecule has 0 spiro atoms. The van der Waals surface area contributed by atoms with Crippen molar-refractivity contribution in [1.82, 2.24) is 0 Å². The van der Waals surface area contributed by atoms with Crippen LogP contribution in [0.3, 0.4) is 0 Å². The molecule has 0 heterocycles. The van der Waals surface area contributed by atoms with E-state index in [9.17, 15) is 14.0 Å². The summed E-state index contributed by atoms with van der Waals surface area (Å²) in [5.41, 5.74) is 1.82. The molecule has 0 unspecified atom stereocenters. The molecule has 3 nitrogen and oxygen atoms in total. The number of rotatable bonds is 4. The second-order valence-corrected chi connectivity index (χ2v) is 5.03. The van der Waals surface area contributed by atoms with Gasteiger partial charge >= 0.3 is 0 Å². The van der Waals surface area contributed by atoms with Gasteiger partial charge in [0, 0.05) is 16.7 Å². The number of ether oxygens (including phenoxy) is 1. The van der Waals surface area contributed by atoms with Crippen molar-refractivity contribution < 1.29 is 18.7 Å². The molecule has 0 amide bonds. The number of fused-ring (bicyclic) bond motifs is 1. The number of hydrogen-bond donors (Lipinski definition) is 0. The molecule has 0 N–H and O–H groups in total. The van der Waals surface area contributed by atoms with E-state index in [0.717, 1.165) is 0 Å². The molecule has 0 radical (unpaired) electrons. The minimum atomic E-state index is -0.335. The van der Waals surface area contributed by atoms with Crippen molar-refractivity contribution >= 4 is 11.6 Å². The SMILES string of the molecule is O=C1C=C(COCc2cccc(F)c2)C(=O)c2ccccc21. The molecule has 0 aromatic heterocycles. The Bertz CT molecular complexity index is 777. The molecular formula is C18H13FO3. The van der Waals surface area contributed by atoms with E-state index in [-0.39, 0.29) is 30.6 Å². The van der Waals surface area contributed by atoms with E-state index in [4.69, 9.17) is 4.74 Å². The second-order valence-electron chi connectivity index (χ2n) is 5.03. The van der Waals surface area contributed by atoms with Gasteiger partial charge in [0.25, 0.3) is 0 Å². The van der Waals surface area contributed by atoms with Crippen LogP contribution < -0.4 is 0 Å². The Morgan fingerprint density at radius 3 is 2.45 bits per heavy atom. The fraction of sp³-hybridized carbons (Fsp3) is 0.111. The van der Waals surface area contributed by atoms with Crippen molar-refractivity contribution in [2.45, 2.75) is 6.61 Å². The lowest BCUT2D eigenvalue weighted by molar-refractivity contribution is 0.0933. The largest absolute Gasteiger partial charge is 0.372 e. The van der Waals surface area contributed by atoms with Gasteiger partial charge < -0.3 is 4.74 Å². The quantitative estimate of drug-likeness (QED) is 0.869. The Labute approximate surface area is 127 Å². The predicted molar refractivity (Wildman–Crippen MR) is 79.2 cm³/mol. The molecule has 0 bridgehead atoms. The monoisotopic (exact) mass is 296 g/mol. The van der Waals surface area contributed by atoms with Crippen LogP contribution in [0.15, 0.2) is 60.2 Å². The normalized spacial score (nSPS) is 13.8. The maximum atomic E-state index is 13.1. The molecular weight excluding hydrogens is 283 g/mol. The molecule has 4 heteroatoms. The predicted octanol–water partition coefficient (Wildman–Crippen LogP) is 3.35. The fourth-order valence-corrected chi connectivity index (χ4v) is 2.38. The van der Waals surface area contributed by atoms with E-state index in [1.165, 1.54) is 18.2 Å². The van der Waals surface area contributed by atoms with Crippen LogP contribution in [0.25, 0.3) is 0 Å². The van der Waals surface area contributed by atoms with Gasteiger partial charge in [-0.25, -0.2) is 4.39 Å². The molecule has 22 heavy (non-hydrogen) atoms. The topological polar surface area (TPSA) is 43.4 Å². The highest BCUT2D eigenvalue weighted by molar-refractivity contribution is 6.24. The fourth-order valence-electron chi connectivity index (χ4n) is 2.38. The van der Waals surface area contributed by atoms with Crippen LogP contribution >= 0.6 is 0 Å². The lowest BCUT2D eigenvalue weighted by atomic mass is 9.90. The Morgan fingerprint density at radius 1 is 0.909 bits per heavy atom. The maximum Gasteiger partial charge on any atom is 0.192 e. The first-order chi connectivity index (χ1) is 10.6. The highest BCUT2D eigenvalue weighted by Crippen LogP contribution is 2.21. The Kier molecular flexibility index (Phi) is 3.94. The van der Waals surface area contributed by atoms with Gasteiger partial charge in [-0.1, -0.05) is 36.4 Å². The van der Waals surface area contributed by atoms with Crippen LogP contribution in [0, 0.1) is 5.82 Å². The van der Waals surface area contributed by atoms with E-state index in [1.54, 1.807) is 36.4 Å². The van der Waals surface area contributed by atoms with Crippen LogP contribution in [0.5, 0.6) is 0 Å². The molecule has 0 atom stereocenters. The molecule has 3 rings (SSSR count). The number of carbonyl (C=O) groups is 2. The Morgan fingerprint density at radius 2 is 1.68 bits per heavy atom. The molecule has 0 aliphatic heterocycles. The van der Waals surface area contributed by atoms with Crippen LogP contribution in [0.2, 0.25) is 0 Å². The number of halogens is 1. The molecule has 2 aromatic carbocycles. The smallest absolute Gasteiger partial charge is 0.192 e. The minimum Gasteiger partial charge on any atom is -0.372 e. The molecule has 1 aliphatic carbocycles. The minimum absolute atomic E-state index is 0.0232. The lowest BCUT2D eigenvalue weighted by Gasteiger charge is -2.15. The van der Waals surface area contributed by atoms with Crippen LogP contribution in [-0.4, -0.2) is 18.2 Å². The Balaban J connectivity index is 1.69. The molecule has 110 valence electrons. The maximum absolute atomic E-state index is 13.1. The number of ketones is 2. The first kappa shape index (κ1) is 14.4. The van der Waals surface area contributed by atoms with Gasteiger partial charge in [0.15, 0.2) is 11.6 Å². The molecule has 0 saturated carbocycles. The van der Waals surface area contributed by atoms with E-state index in [2.05, 4.69) is 0 Å². The van der Waals surface area contributed by atoms with Crippen molar-refractivity contribution in [2.24, 2.45) is 0 Å². The summed E-state index contributed by atoms with van der Waals surface area (Å²) in [6.45, 7) is 0.202. The third-order valence-corrected chi connectivity index (χ3v) is 3.45. The van der Waals surface area contributed by atoms with E-state index in [0.29, 0.717) is 22.3 Å². The zero-order valence-corrected chi connectivity index (χ0v) is 11.7. The third kappa shape index (κ3) is 2.87. The van der Waals surface area contributed by atoms with Gasteiger partial charge in [0.05, 0.1) is 13.2 Å². The van der Waals surface area contributed by atoms with Crippen molar-refractivity contribution in [3.8, 4) is 0 Å².